The molecule has 1 fully saturated rings. The van der Waals surface area contributed by atoms with Gasteiger partial charge in [-0.05, 0) is 61.0 Å². The summed E-state index contributed by atoms with van der Waals surface area (Å²) in [5, 5.41) is 3.15. The van der Waals surface area contributed by atoms with Crippen LogP contribution in [0.25, 0.3) is 0 Å². The lowest BCUT2D eigenvalue weighted by atomic mass is 10.0. The van der Waals surface area contributed by atoms with Gasteiger partial charge in [-0.1, -0.05) is 24.3 Å². The predicted octanol–water partition coefficient (Wildman–Crippen LogP) is 4.58. The number of rotatable bonds is 9. The van der Waals surface area contributed by atoms with Gasteiger partial charge in [0.25, 0.3) is 5.91 Å². The van der Waals surface area contributed by atoms with E-state index < -0.39 is 0 Å². The third-order valence-corrected chi connectivity index (χ3v) is 6.63. The largest absolute Gasteiger partial charge is 0.493 e. The number of para-hydroxylation sites is 1. The Hall–Kier alpha value is -3.58. The highest BCUT2D eigenvalue weighted by atomic mass is 19.1. The topological polar surface area (TPSA) is 48.1 Å². The summed E-state index contributed by atoms with van der Waals surface area (Å²) in [4.78, 5) is 19.9. The smallest absolute Gasteiger partial charge is 0.255 e. The second-order valence-corrected chi connectivity index (χ2v) is 9.14. The molecule has 1 amide bonds. The van der Waals surface area contributed by atoms with Crippen molar-refractivity contribution >= 4 is 17.3 Å². The molecule has 0 aromatic heterocycles. The van der Waals surface area contributed by atoms with Crippen LogP contribution in [0.5, 0.6) is 5.75 Å². The highest BCUT2D eigenvalue weighted by molar-refractivity contribution is 5.96. The molecule has 0 spiro atoms. The number of carbonyl (C=O) groups is 1. The minimum atomic E-state index is -0.222. The van der Waals surface area contributed by atoms with Crippen molar-refractivity contribution in [1.82, 2.24) is 10.2 Å². The average Bonchev–Trinajstić information content (AvgIpc) is 2.90. The summed E-state index contributed by atoms with van der Waals surface area (Å²) < 4.78 is 19.0. The number of hydrogen-bond donors (Lipinski definition) is 1. The Morgan fingerprint density at radius 3 is 2.28 bits per heavy atom. The van der Waals surface area contributed by atoms with E-state index in [9.17, 15) is 9.18 Å². The molecule has 1 heterocycles. The van der Waals surface area contributed by atoms with Crippen LogP contribution >= 0.6 is 0 Å². The van der Waals surface area contributed by atoms with E-state index >= 15 is 0 Å². The quantitative estimate of drug-likeness (QED) is 0.476. The SMILES string of the molecule is CCOc1ccccc1C(=O)NCC(c1ccc(N(C)C)cc1)N1CCN(c2ccc(F)cc2)CC1. The van der Waals surface area contributed by atoms with E-state index in [4.69, 9.17) is 4.74 Å². The molecule has 3 aromatic carbocycles. The van der Waals surface area contributed by atoms with E-state index in [0.29, 0.717) is 24.5 Å². The fourth-order valence-electron chi connectivity index (χ4n) is 4.62. The summed E-state index contributed by atoms with van der Waals surface area (Å²) in [6, 6.07) is 22.6. The molecule has 0 aliphatic carbocycles. The van der Waals surface area contributed by atoms with Crippen molar-refractivity contribution in [2.75, 3.05) is 63.2 Å². The maximum absolute atomic E-state index is 13.4. The standard InChI is InChI=1S/C29H35FN4O2/c1-4-36-28-8-6-5-7-26(28)29(35)31-21-27(22-9-13-24(14-10-22)32(2)3)34-19-17-33(18-20-34)25-15-11-23(30)12-16-25/h5-16,27H,4,17-21H2,1-3H3,(H,31,35). The number of piperazine rings is 1. The highest BCUT2D eigenvalue weighted by Crippen LogP contribution is 2.26. The molecule has 0 radical (unpaired) electrons. The van der Waals surface area contributed by atoms with E-state index in [-0.39, 0.29) is 17.8 Å². The van der Waals surface area contributed by atoms with Crippen LogP contribution in [0, 0.1) is 5.82 Å². The van der Waals surface area contributed by atoms with Crippen molar-refractivity contribution in [3.63, 3.8) is 0 Å². The van der Waals surface area contributed by atoms with Gasteiger partial charge in [-0.15, -0.1) is 0 Å². The van der Waals surface area contributed by atoms with Gasteiger partial charge in [0, 0.05) is 58.2 Å². The van der Waals surface area contributed by atoms with Crippen LogP contribution in [0.15, 0.2) is 72.8 Å². The van der Waals surface area contributed by atoms with Gasteiger partial charge in [-0.2, -0.15) is 0 Å². The van der Waals surface area contributed by atoms with Gasteiger partial charge in [0.2, 0.25) is 0 Å². The van der Waals surface area contributed by atoms with Crippen molar-refractivity contribution in [2.24, 2.45) is 0 Å². The summed E-state index contributed by atoms with van der Waals surface area (Å²) >= 11 is 0. The fourth-order valence-corrected chi connectivity index (χ4v) is 4.62. The maximum atomic E-state index is 13.4. The third kappa shape index (κ3) is 6.15. The lowest BCUT2D eigenvalue weighted by Crippen LogP contribution is -2.50. The van der Waals surface area contributed by atoms with Crippen molar-refractivity contribution in [1.29, 1.82) is 0 Å². The van der Waals surface area contributed by atoms with E-state index in [2.05, 4.69) is 44.3 Å². The van der Waals surface area contributed by atoms with Crippen LogP contribution in [-0.2, 0) is 0 Å². The van der Waals surface area contributed by atoms with Crippen LogP contribution in [0.4, 0.5) is 15.8 Å². The molecule has 1 aliphatic heterocycles. The van der Waals surface area contributed by atoms with Crippen molar-refractivity contribution in [3.05, 3.63) is 89.7 Å². The minimum Gasteiger partial charge on any atom is -0.493 e. The average molecular weight is 491 g/mol. The van der Waals surface area contributed by atoms with Gasteiger partial charge >= 0.3 is 0 Å². The molecule has 4 rings (SSSR count). The van der Waals surface area contributed by atoms with Gasteiger partial charge in [0.15, 0.2) is 0 Å². The van der Waals surface area contributed by atoms with Crippen LogP contribution in [0.1, 0.15) is 28.9 Å². The number of hydrogen-bond acceptors (Lipinski definition) is 5. The number of nitrogens with one attached hydrogen (secondary N) is 1. The van der Waals surface area contributed by atoms with E-state index in [1.54, 1.807) is 6.07 Å². The first-order valence-corrected chi connectivity index (χ1v) is 12.5. The zero-order chi connectivity index (χ0) is 25.5. The first-order chi connectivity index (χ1) is 17.5. The zero-order valence-electron chi connectivity index (χ0n) is 21.3. The summed E-state index contributed by atoms with van der Waals surface area (Å²) in [6.07, 6.45) is 0. The number of halogens is 1. The Morgan fingerprint density at radius 1 is 0.972 bits per heavy atom. The predicted molar refractivity (Wildman–Crippen MR) is 144 cm³/mol. The molecule has 36 heavy (non-hydrogen) atoms. The van der Waals surface area contributed by atoms with E-state index in [0.717, 1.165) is 43.1 Å². The summed E-state index contributed by atoms with van der Waals surface area (Å²) in [5.41, 5.74) is 3.87. The molecule has 6 nitrogen and oxygen atoms in total. The Morgan fingerprint density at radius 2 is 1.64 bits per heavy atom. The number of ether oxygens (including phenoxy) is 1. The van der Waals surface area contributed by atoms with Crippen LogP contribution in [-0.4, -0.2) is 64.2 Å². The molecule has 3 aromatic rings. The second kappa shape index (κ2) is 11.9. The van der Waals surface area contributed by atoms with Crippen LogP contribution in [0.2, 0.25) is 0 Å². The molecule has 0 bridgehead atoms. The van der Waals surface area contributed by atoms with Gasteiger partial charge < -0.3 is 19.9 Å². The third-order valence-electron chi connectivity index (χ3n) is 6.63. The fraction of sp³-hybridized carbons (Fsp3) is 0.345. The van der Waals surface area contributed by atoms with Crippen molar-refractivity contribution in [2.45, 2.75) is 13.0 Å². The number of carbonyl (C=O) groups excluding carboxylic acids is 1. The molecule has 1 saturated heterocycles. The number of benzene rings is 3. The summed E-state index contributed by atoms with van der Waals surface area (Å²) in [6.45, 7) is 6.23. The Labute approximate surface area is 213 Å². The lowest BCUT2D eigenvalue weighted by Gasteiger charge is -2.40. The molecule has 0 saturated carbocycles. The molecule has 1 unspecified atom stereocenters. The van der Waals surface area contributed by atoms with Crippen LogP contribution in [0.3, 0.4) is 0 Å². The molecule has 7 heteroatoms. The van der Waals surface area contributed by atoms with E-state index in [1.165, 1.54) is 12.1 Å². The minimum absolute atomic E-state index is 0.0276. The Bertz CT molecular complexity index is 1130. The van der Waals surface area contributed by atoms with Gasteiger partial charge in [0.1, 0.15) is 11.6 Å². The lowest BCUT2D eigenvalue weighted by molar-refractivity contribution is 0.0926. The van der Waals surface area contributed by atoms with Crippen LogP contribution < -0.4 is 19.9 Å². The highest BCUT2D eigenvalue weighted by Gasteiger charge is 2.26. The molecular formula is C29H35FN4O2. The number of nitrogens with zero attached hydrogens (tertiary/aromatic N) is 3. The van der Waals surface area contributed by atoms with Crippen molar-refractivity contribution < 1.29 is 13.9 Å². The maximum Gasteiger partial charge on any atom is 0.255 e. The zero-order valence-corrected chi connectivity index (χ0v) is 21.3. The summed E-state index contributed by atoms with van der Waals surface area (Å²) in [5.74, 6) is 0.233. The van der Waals surface area contributed by atoms with Crippen molar-refractivity contribution in [3.8, 4) is 5.75 Å². The van der Waals surface area contributed by atoms with E-state index in [1.807, 2.05) is 51.4 Å². The second-order valence-electron chi connectivity index (χ2n) is 9.14. The molecule has 1 atom stereocenters. The monoisotopic (exact) mass is 490 g/mol. The molecule has 190 valence electrons. The Balaban J connectivity index is 1.49. The van der Waals surface area contributed by atoms with Gasteiger partial charge in [0.05, 0.1) is 18.2 Å². The first kappa shape index (κ1) is 25.5. The first-order valence-electron chi connectivity index (χ1n) is 12.5. The number of anilines is 2. The molecular weight excluding hydrogens is 455 g/mol. The Kier molecular flexibility index (Phi) is 8.44. The molecule has 1 aliphatic rings. The van der Waals surface area contributed by atoms with Gasteiger partial charge in [-0.3, -0.25) is 9.69 Å². The summed E-state index contributed by atoms with van der Waals surface area (Å²) in [7, 11) is 4.05. The normalized spacial score (nSPS) is 14.8. The molecule has 1 N–H and O–H groups in total. The number of amides is 1. The van der Waals surface area contributed by atoms with Gasteiger partial charge in [-0.25, -0.2) is 4.39 Å².